The van der Waals surface area contributed by atoms with E-state index in [2.05, 4.69) is 34.2 Å². The topological polar surface area (TPSA) is 32.7 Å². The van der Waals surface area contributed by atoms with Gasteiger partial charge in [0.15, 0.2) is 5.17 Å². The largest absolute Gasteiger partial charge is 0.350 e. The van der Waals surface area contributed by atoms with Gasteiger partial charge in [0.05, 0.1) is 4.91 Å². The minimum absolute atomic E-state index is 0.215. The smallest absolute Gasteiger partial charge is 0.286 e. The molecule has 2 aromatic rings. The first-order valence-corrected chi connectivity index (χ1v) is 9.09. The molecule has 25 heavy (non-hydrogen) atoms. The fourth-order valence-electron chi connectivity index (χ4n) is 3.17. The lowest BCUT2D eigenvalue weighted by Crippen LogP contribution is -2.24. The van der Waals surface area contributed by atoms with E-state index < -0.39 is 0 Å². The summed E-state index contributed by atoms with van der Waals surface area (Å²) in [7, 11) is 0. The highest BCUT2D eigenvalue weighted by Crippen LogP contribution is 2.35. The molecule has 2 heterocycles. The highest BCUT2D eigenvalue weighted by Gasteiger charge is 2.31. The third kappa shape index (κ3) is 3.51. The van der Waals surface area contributed by atoms with Crippen LogP contribution in [0.4, 0.5) is 4.39 Å². The Morgan fingerprint density at radius 2 is 1.88 bits per heavy atom. The molecule has 5 heteroatoms. The van der Waals surface area contributed by atoms with Gasteiger partial charge in [-0.25, -0.2) is 4.39 Å². The fraction of sp³-hybridized carbons (Fsp3) is 0.200. The summed E-state index contributed by atoms with van der Waals surface area (Å²) < 4.78 is 13.0. The highest BCUT2D eigenvalue weighted by atomic mass is 32.2. The van der Waals surface area contributed by atoms with Crippen LogP contribution < -0.4 is 0 Å². The minimum atomic E-state index is -0.284. The predicted molar refractivity (Wildman–Crippen MR) is 99.8 cm³/mol. The van der Waals surface area contributed by atoms with Crippen LogP contribution in [-0.4, -0.2) is 29.1 Å². The second kappa shape index (κ2) is 6.84. The Balaban J connectivity index is 1.45. The third-order valence-corrected chi connectivity index (χ3v) is 5.55. The summed E-state index contributed by atoms with van der Waals surface area (Å²) in [4.78, 5) is 19.2. The van der Waals surface area contributed by atoms with Gasteiger partial charge in [0.1, 0.15) is 5.82 Å². The van der Waals surface area contributed by atoms with Crippen LogP contribution in [0.5, 0.6) is 0 Å². The maximum absolute atomic E-state index is 13.0. The lowest BCUT2D eigenvalue weighted by Gasteiger charge is -2.17. The Hall–Kier alpha value is -2.40. The summed E-state index contributed by atoms with van der Waals surface area (Å²) in [6.45, 7) is 1.79. The molecule has 1 saturated heterocycles. The van der Waals surface area contributed by atoms with Gasteiger partial charge in [-0.3, -0.25) is 4.79 Å². The Bertz CT molecular complexity index is 846. The monoisotopic (exact) mass is 352 g/mol. The average molecular weight is 352 g/mol. The van der Waals surface area contributed by atoms with E-state index in [9.17, 15) is 9.18 Å². The van der Waals surface area contributed by atoms with Gasteiger partial charge < -0.3 is 4.90 Å². The summed E-state index contributed by atoms with van der Waals surface area (Å²) in [5.74, 6) is -0.0225. The van der Waals surface area contributed by atoms with Gasteiger partial charge in [0.2, 0.25) is 0 Å². The standard InChI is InChI=1S/C20H17FN2OS/c21-17-8-6-14(7-9-17)12-18-19(24)22-20(25-18)23-11-10-16(13-23)15-4-2-1-3-5-15/h1-9,12,16H,10-11,13H2. The minimum Gasteiger partial charge on any atom is -0.350 e. The van der Waals surface area contributed by atoms with Crippen molar-refractivity contribution in [2.75, 3.05) is 13.1 Å². The van der Waals surface area contributed by atoms with Crippen molar-refractivity contribution in [2.24, 2.45) is 4.99 Å². The molecule has 0 radical (unpaired) electrons. The van der Waals surface area contributed by atoms with Gasteiger partial charge in [-0.15, -0.1) is 0 Å². The Kier molecular flexibility index (Phi) is 4.40. The normalized spacial score (nSPS) is 21.9. The molecule has 2 aliphatic rings. The van der Waals surface area contributed by atoms with Crippen LogP contribution in [0.3, 0.4) is 0 Å². The zero-order valence-corrected chi connectivity index (χ0v) is 14.4. The van der Waals surface area contributed by atoms with Gasteiger partial charge in [-0.1, -0.05) is 42.5 Å². The van der Waals surface area contributed by atoms with Crippen LogP contribution in [0.1, 0.15) is 23.5 Å². The van der Waals surface area contributed by atoms with Gasteiger partial charge in [-0.2, -0.15) is 4.99 Å². The molecule has 0 bridgehead atoms. The molecule has 0 aliphatic carbocycles. The first-order valence-electron chi connectivity index (χ1n) is 8.27. The number of aliphatic imine (C=N–C) groups is 1. The van der Waals surface area contributed by atoms with Crippen molar-refractivity contribution < 1.29 is 9.18 Å². The number of thioether (sulfide) groups is 1. The van der Waals surface area contributed by atoms with Crippen molar-refractivity contribution in [3.05, 3.63) is 76.4 Å². The second-order valence-electron chi connectivity index (χ2n) is 6.20. The maximum atomic E-state index is 13.0. The van der Waals surface area contributed by atoms with E-state index in [-0.39, 0.29) is 11.7 Å². The van der Waals surface area contributed by atoms with Gasteiger partial charge in [0.25, 0.3) is 5.91 Å². The van der Waals surface area contributed by atoms with Crippen molar-refractivity contribution in [3.8, 4) is 0 Å². The first kappa shape index (κ1) is 16.1. The molecule has 1 amide bonds. The Morgan fingerprint density at radius 1 is 1.12 bits per heavy atom. The zero-order valence-electron chi connectivity index (χ0n) is 13.6. The van der Waals surface area contributed by atoms with Crippen molar-refractivity contribution >= 4 is 28.9 Å². The number of rotatable bonds is 2. The Morgan fingerprint density at radius 3 is 2.64 bits per heavy atom. The molecule has 126 valence electrons. The summed E-state index contributed by atoms with van der Waals surface area (Å²) in [6, 6.07) is 16.6. The van der Waals surface area contributed by atoms with Gasteiger partial charge >= 0.3 is 0 Å². The number of amidine groups is 1. The zero-order chi connectivity index (χ0) is 17.2. The molecule has 2 aromatic carbocycles. The molecule has 1 atom stereocenters. The van der Waals surface area contributed by atoms with E-state index in [1.165, 1.54) is 29.5 Å². The molecule has 4 rings (SSSR count). The van der Waals surface area contributed by atoms with Crippen LogP contribution in [0.25, 0.3) is 6.08 Å². The summed E-state index contributed by atoms with van der Waals surface area (Å²) in [5.41, 5.74) is 2.14. The number of carbonyl (C=O) groups excluding carboxylic acids is 1. The number of carbonyl (C=O) groups is 1. The van der Waals surface area contributed by atoms with Crippen molar-refractivity contribution in [1.82, 2.24) is 4.90 Å². The molecular weight excluding hydrogens is 335 g/mol. The molecule has 3 nitrogen and oxygen atoms in total. The van der Waals surface area contributed by atoms with E-state index in [0.717, 1.165) is 30.2 Å². The van der Waals surface area contributed by atoms with E-state index in [1.807, 2.05) is 6.07 Å². The van der Waals surface area contributed by atoms with Crippen LogP contribution in [0.15, 0.2) is 64.5 Å². The number of hydrogen-bond acceptors (Lipinski definition) is 3. The first-order chi connectivity index (χ1) is 12.2. The quantitative estimate of drug-likeness (QED) is 0.756. The number of amides is 1. The van der Waals surface area contributed by atoms with Crippen molar-refractivity contribution in [1.29, 1.82) is 0 Å². The van der Waals surface area contributed by atoms with E-state index in [4.69, 9.17) is 0 Å². The number of likely N-dealkylation sites (tertiary alicyclic amines) is 1. The van der Waals surface area contributed by atoms with Crippen LogP contribution in [0.2, 0.25) is 0 Å². The average Bonchev–Trinajstić information content (AvgIpc) is 3.25. The summed E-state index contributed by atoms with van der Waals surface area (Å²) in [6.07, 6.45) is 2.84. The lowest BCUT2D eigenvalue weighted by atomic mass is 9.99. The predicted octanol–water partition coefficient (Wildman–Crippen LogP) is 4.29. The number of nitrogens with zero attached hydrogens (tertiary/aromatic N) is 2. The molecule has 0 saturated carbocycles. The van der Waals surface area contributed by atoms with Crippen molar-refractivity contribution in [3.63, 3.8) is 0 Å². The third-order valence-electron chi connectivity index (χ3n) is 4.51. The van der Waals surface area contributed by atoms with Crippen molar-refractivity contribution in [2.45, 2.75) is 12.3 Å². The van der Waals surface area contributed by atoms with E-state index in [0.29, 0.717) is 10.8 Å². The second-order valence-corrected chi connectivity index (χ2v) is 7.21. The SMILES string of the molecule is O=C1N=C(N2CCC(c3ccccc3)C2)SC1=Cc1ccc(F)cc1. The molecule has 0 N–H and O–H groups in total. The summed E-state index contributed by atoms with van der Waals surface area (Å²) in [5, 5.41) is 0.775. The highest BCUT2D eigenvalue weighted by molar-refractivity contribution is 8.18. The van der Waals surface area contributed by atoms with Crippen LogP contribution in [0, 0.1) is 5.82 Å². The fourth-order valence-corrected chi connectivity index (χ4v) is 4.12. The number of benzene rings is 2. The lowest BCUT2D eigenvalue weighted by molar-refractivity contribution is -0.113. The molecule has 1 fully saturated rings. The van der Waals surface area contributed by atoms with E-state index >= 15 is 0 Å². The maximum Gasteiger partial charge on any atom is 0.286 e. The van der Waals surface area contributed by atoms with Gasteiger partial charge in [0, 0.05) is 19.0 Å². The van der Waals surface area contributed by atoms with E-state index in [1.54, 1.807) is 18.2 Å². The molecule has 0 spiro atoms. The molecule has 0 aromatic heterocycles. The summed E-state index contributed by atoms with van der Waals surface area (Å²) >= 11 is 1.41. The Labute approximate surface area is 150 Å². The molecular formula is C20H17FN2OS. The number of halogens is 1. The molecule has 1 unspecified atom stereocenters. The van der Waals surface area contributed by atoms with Crippen LogP contribution in [-0.2, 0) is 4.79 Å². The molecule has 2 aliphatic heterocycles. The number of hydrogen-bond donors (Lipinski definition) is 0. The van der Waals surface area contributed by atoms with Gasteiger partial charge in [-0.05, 0) is 47.5 Å². The van der Waals surface area contributed by atoms with Crippen LogP contribution >= 0.6 is 11.8 Å².